The van der Waals surface area contributed by atoms with Gasteiger partial charge >= 0.3 is 0 Å². The zero-order valence-electron chi connectivity index (χ0n) is 10.7. The van der Waals surface area contributed by atoms with E-state index >= 15 is 0 Å². The lowest BCUT2D eigenvalue weighted by Gasteiger charge is -2.11. The van der Waals surface area contributed by atoms with Gasteiger partial charge < -0.3 is 10.5 Å². The maximum atomic E-state index is 5.85. The highest BCUT2D eigenvalue weighted by Crippen LogP contribution is 2.23. The minimum atomic E-state index is 0.622. The largest absolute Gasteiger partial charge is 0.493 e. The van der Waals surface area contributed by atoms with Gasteiger partial charge in [-0.2, -0.15) is 0 Å². The van der Waals surface area contributed by atoms with E-state index in [9.17, 15) is 0 Å². The Kier molecular flexibility index (Phi) is 5.36. The number of pyridine rings is 1. The van der Waals surface area contributed by atoms with E-state index in [-0.39, 0.29) is 0 Å². The van der Waals surface area contributed by atoms with Crippen LogP contribution < -0.4 is 10.5 Å². The van der Waals surface area contributed by atoms with Crippen LogP contribution in [0.15, 0.2) is 47.2 Å². The highest BCUT2D eigenvalue weighted by Gasteiger charge is 2.04. The Morgan fingerprint density at radius 1 is 1.11 bits per heavy atom. The van der Waals surface area contributed by atoms with E-state index in [2.05, 4.69) is 27.0 Å². The van der Waals surface area contributed by atoms with Crippen LogP contribution >= 0.6 is 15.9 Å². The van der Waals surface area contributed by atoms with Crippen LogP contribution in [0.3, 0.4) is 0 Å². The van der Waals surface area contributed by atoms with E-state index in [0.29, 0.717) is 13.2 Å². The molecule has 2 aromatic rings. The second-order valence-electron chi connectivity index (χ2n) is 4.24. The summed E-state index contributed by atoms with van der Waals surface area (Å²) in [6, 6.07) is 10.1. The first-order valence-corrected chi connectivity index (χ1v) is 7.09. The zero-order valence-corrected chi connectivity index (χ0v) is 12.3. The van der Waals surface area contributed by atoms with Crippen molar-refractivity contribution >= 4 is 15.9 Å². The van der Waals surface area contributed by atoms with E-state index in [4.69, 9.17) is 10.5 Å². The molecule has 0 aliphatic heterocycles. The van der Waals surface area contributed by atoms with Crippen molar-refractivity contribution in [3.8, 4) is 5.75 Å². The number of aromatic nitrogens is 1. The van der Waals surface area contributed by atoms with Crippen LogP contribution in [-0.4, -0.2) is 18.1 Å². The van der Waals surface area contributed by atoms with Crippen molar-refractivity contribution in [3.05, 3.63) is 58.3 Å². The van der Waals surface area contributed by atoms with Crippen molar-refractivity contribution in [3.63, 3.8) is 0 Å². The van der Waals surface area contributed by atoms with Crippen LogP contribution in [0.4, 0.5) is 0 Å². The van der Waals surface area contributed by atoms with Crippen molar-refractivity contribution in [1.82, 2.24) is 4.98 Å². The minimum Gasteiger partial charge on any atom is -0.493 e. The molecule has 2 rings (SSSR count). The second-order valence-corrected chi connectivity index (χ2v) is 5.16. The topological polar surface area (TPSA) is 48.1 Å². The van der Waals surface area contributed by atoms with E-state index in [1.54, 1.807) is 12.4 Å². The highest BCUT2D eigenvalue weighted by atomic mass is 79.9. The molecule has 0 fully saturated rings. The van der Waals surface area contributed by atoms with E-state index < -0.39 is 0 Å². The molecule has 100 valence electrons. The summed E-state index contributed by atoms with van der Waals surface area (Å²) in [4.78, 5) is 4.00. The number of rotatable bonds is 6. The maximum Gasteiger partial charge on any atom is 0.122 e. The summed E-state index contributed by atoms with van der Waals surface area (Å²) < 4.78 is 6.91. The summed E-state index contributed by atoms with van der Waals surface area (Å²) in [6.07, 6.45) is 5.30. The van der Waals surface area contributed by atoms with Crippen molar-refractivity contribution in [2.24, 2.45) is 5.73 Å². The average Bonchev–Trinajstić information content (AvgIpc) is 2.43. The Bertz CT molecular complexity index is 517. The summed E-state index contributed by atoms with van der Waals surface area (Å²) in [7, 11) is 0. The number of hydrogen-bond donors (Lipinski definition) is 1. The van der Waals surface area contributed by atoms with E-state index in [0.717, 1.165) is 28.6 Å². The zero-order chi connectivity index (χ0) is 13.5. The predicted octanol–water partition coefficient (Wildman–Crippen LogP) is 2.97. The number of ether oxygens (including phenoxy) is 1. The van der Waals surface area contributed by atoms with Gasteiger partial charge in [-0.3, -0.25) is 4.98 Å². The fourth-order valence-electron chi connectivity index (χ4n) is 1.87. The molecule has 4 heteroatoms. The Morgan fingerprint density at radius 3 is 2.63 bits per heavy atom. The van der Waals surface area contributed by atoms with Crippen LogP contribution in [-0.2, 0) is 12.8 Å². The molecule has 0 saturated heterocycles. The predicted molar refractivity (Wildman–Crippen MR) is 80.3 cm³/mol. The van der Waals surface area contributed by atoms with Gasteiger partial charge in [0.1, 0.15) is 5.75 Å². The van der Waals surface area contributed by atoms with Gasteiger partial charge in [-0.15, -0.1) is 0 Å². The van der Waals surface area contributed by atoms with Crippen molar-refractivity contribution in [2.75, 3.05) is 13.2 Å². The normalized spacial score (nSPS) is 10.4. The van der Waals surface area contributed by atoms with Crippen LogP contribution in [0.2, 0.25) is 0 Å². The fraction of sp³-hybridized carbons (Fsp3) is 0.267. The van der Waals surface area contributed by atoms with Gasteiger partial charge in [0, 0.05) is 23.3 Å². The Labute approximate surface area is 121 Å². The van der Waals surface area contributed by atoms with Crippen LogP contribution in [0, 0.1) is 0 Å². The fourth-order valence-corrected chi connectivity index (χ4v) is 2.28. The molecule has 1 aromatic carbocycles. The summed E-state index contributed by atoms with van der Waals surface area (Å²) in [5.74, 6) is 0.919. The Balaban J connectivity index is 1.95. The standard InChI is InChI=1S/C15H17BrN2O/c16-14-1-2-15(13(11-14)3-7-17)19-10-6-12-4-8-18-9-5-12/h1-2,4-5,8-9,11H,3,6-7,10,17H2. The molecule has 0 radical (unpaired) electrons. The van der Waals surface area contributed by atoms with Gasteiger partial charge in [0.25, 0.3) is 0 Å². The van der Waals surface area contributed by atoms with Crippen LogP contribution in [0.5, 0.6) is 5.75 Å². The molecule has 0 bridgehead atoms. The van der Waals surface area contributed by atoms with E-state index in [1.807, 2.05) is 24.3 Å². The molecule has 0 saturated carbocycles. The number of hydrogen-bond acceptors (Lipinski definition) is 3. The first kappa shape index (κ1) is 14.0. The number of halogens is 1. The molecule has 2 N–H and O–H groups in total. The molecule has 0 atom stereocenters. The molecule has 1 aromatic heterocycles. The third kappa shape index (κ3) is 4.33. The van der Waals surface area contributed by atoms with Crippen LogP contribution in [0.1, 0.15) is 11.1 Å². The summed E-state index contributed by atoms with van der Waals surface area (Å²) >= 11 is 3.47. The van der Waals surface area contributed by atoms with Crippen molar-refractivity contribution < 1.29 is 4.74 Å². The van der Waals surface area contributed by atoms with Gasteiger partial charge in [0.05, 0.1) is 6.61 Å². The minimum absolute atomic E-state index is 0.622. The molecule has 3 nitrogen and oxygen atoms in total. The number of nitrogens with two attached hydrogens (primary N) is 1. The lowest BCUT2D eigenvalue weighted by atomic mass is 10.1. The van der Waals surface area contributed by atoms with Gasteiger partial charge in [-0.25, -0.2) is 0 Å². The SMILES string of the molecule is NCCc1cc(Br)ccc1OCCc1ccncc1. The van der Waals surface area contributed by atoms with Gasteiger partial charge in [-0.05, 0) is 54.4 Å². The van der Waals surface area contributed by atoms with Gasteiger partial charge in [-0.1, -0.05) is 15.9 Å². The number of benzene rings is 1. The third-order valence-electron chi connectivity index (χ3n) is 2.83. The van der Waals surface area contributed by atoms with Gasteiger partial charge in [0.2, 0.25) is 0 Å². The Morgan fingerprint density at radius 2 is 1.89 bits per heavy atom. The quantitative estimate of drug-likeness (QED) is 0.890. The molecule has 1 heterocycles. The highest BCUT2D eigenvalue weighted by molar-refractivity contribution is 9.10. The third-order valence-corrected chi connectivity index (χ3v) is 3.33. The number of nitrogens with zero attached hydrogens (tertiary/aromatic N) is 1. The second kappa shape index (κ2) is 7.26. The van der Waals surface area contributed by atoms with Crippen molar-refractivity contribution in [2.45, 2.75) is 12.8 Å². The summed E-state index contributed by atoms with van der Waals surface area (Å²) in [5.41, 5.74) is 8.00. The summed E-state index contributed by atoms with van der Waals surface area (Å²) in [5, 5.41) is 0. The molecular formula is C15H17BrN2O. The molecular weight excluding hydrogens is 304 g/mol. The monoisotopic (exact) mass is 320 g/mol. The smallest absolute Gasteiger partial charge is 0.122 e. The Hall–Kier alpha value is -1.39. The lowest BCUT2D eigenvalue weighted by Crippen LogP contribution is -2.07. The molecule has 0 aliphatic carbocycles. The lowest BCUT2D eigenvalue weighted by molar-refractivity contribution is 0.318. The molecule has 19 heavy (non-hydrogen) atoms. The molecule has 0 spiro atoms. The van der Waals surface area contributed by atoms with Gasteiger partial charge in [0.15, 0.2) is 0 Å². The first-order valence-electron chi connectivity index (χ1n) is 6.30. The molecule has 0 aliphatic rings. The first-order chi connectivity index (χ1) is 9.29. The van der Waals surface area contributed by atoms with Crippen molar-refractivity contribution in [1.29, 1.82) is 0 Å². The van der Waals surface area contributed by atoms with E-state index in [1.165, 1.54) is 5.56 Å². The molecule has 0 amide bonds. The maximum absolute atomic E-state index is 5.85. The summed E-state index contributed by atoms with van der Waals surface area (Å²) in [6.45, 7) is 1.28. The molecule has 0 unspecified atom stereocenters. The van der Waals surface area contributed by atoms with Crippen LogP contribution in [0.25, 0.3) is 0 Å². The average molecular weight is 321 g/mol.